The van der Waals surface area contributed by atoms with Crippen LogP contribution in [-0.4, -0.2) is 49.6 Å². The zero-order valence-corrected chi connectivity index (χ0v) is 12.9. The number of furan rings is 1. The molecule has 1 aromatic heterocycles. The smallest absolute Gasteiger partial charge is 0.317 e. The zero-order chi connectivity index (χ0) is 15.6. The molecule has 0 bridgehead atoms. The number of likely N-dealkylation sites (N-methyl/N-ethyl adjacent to an activating group) is 1. The van der Waals surface area contributed by atoms with E-state index >= 15 is 0 Å². The minimum Gasteiger partial charge on any atom is -0.480 e. The van der Waals surface area contributed by atoms with Gasteiger partial charge in [-0.3, -0.25) is 9.69 Å². The largest absolute Gasteiger partial charge is 0.480 e. The van der Waals surface area contributed by atoms with E-state index in [-0.39, 0.29) is 23.7 Å². The van der Waals surface area contributed by atoms with Gasteiger partial charge in [-0.1, -0.05) is 6.92 Å². The van der Waals surface area contributed by atoms with Crippen molar-refractivity contribution in [2.75, 3.05) is 13.1 Å². The molecule has 0 unspecified atom stereocenters. The highest BCUT2D eigenvalue weighted by Gasteiger charge is 2.36. The van der Waals surface area contributed by atoms with E-state index in [4.69, 9.17) is 9.52 Å². The zero-order valence-electron chi connectivity index (χ0n) is 12.1. The highest BCUT2D eigenvalue weighted by atomic mass is 32.2. The molecule has 0 aliphatic heterocycles. The van der Waals surface area contributed by atoms with Gasteiger partial charge in [-0.25, -0.2) is 13.1 Å². The average molecular weight is 316 g/mol. The van der Waals surface area contributed by atoms with Crippen LogP contribution >= 0.6 is 0 Å². The lowest BCUT2D eigenvalue weighted by atomic mass is 9.86. The fourth-order valence-electron chi connectivity index (χ4n) is 2.49. The topological polar surface area (TPSA) is 99.9 Å². The Hall–Kier alpha value is -1.38. The third-order valence-electron chi connectivity index (χ3n) is 3.68. The van der Waals surface area contributed by atoms with Gasteiger partial charge in [0.25, 0.3) is 10.0 Å². The molecule has 0 aromatic carbocycles. The summed E-state index contributed by atoms with van der Waals surface area (Å²) in [7, 11) is -3.63. The van der Waals surface area contributed by atoms with E-state index in [0.29, 0.717) is 25.1 Å². The number of aryl methyl sites for hydroxylation is 1. The molecule has 1 aliphatic rings. The molecule has 1 aliphatic carbocycles. The first kappa shape index (κ1) is 16.0. The second kappa shape index (κ2) is 6.17. The van der Waals surface area contributed by atoms with Crippen molar-refractivity contribution in [1.29, 1.82) is 0 Å². The first-order valence-corrected chi connectivity index (χ1v) is 8.34. The predicted octanol–water partition coefficient (Wildman–Crippen LogP) is 0.804. The van der Waals surface area contributed by atoms with Gasteiger partial charge >= 0.3 is 5.97 Å². The second-order valence-corrected chi connectivity index (χ2v) is 6.91. The van der Waals surface area contributed by atoms with Crippen LogP contribution in [0.5, 0.6) is 0 Å². The SMILES string of the molecule is CCN(CC(=O)O)C1CC(NS(=O)(=O)c2ccc(C)o2)C1. The van der Waals surface area contributed by atoms with Crippen LogP contribution in [0.2, 0.25) is 0 Å². The van der Waals surface area contributed by atoms with Gasteiger partial charge in [0.1, 0.15) is 5.76 Å². The number of aliphatic carboxylic acids is 1. The van der Waals surface area contributed by atoms with Gasteiger partial charge in [0.15, 0.2) is 0 Å². The second-order valence-electron chi connectivity index (χ2n) is 5.27. The molecule has 1 saturated carbocycles. The van der Waals surface area contributed by atoms with Crippen molar-refractivity contribution in [2.24, 2.45) is 0 Å². The molecule has 1 aromatic rings. The Morgan fingerprint density at radius 2 is 2.14 bits per heavy atom. The Morgan fingerprint density at radius 3 is 2.62 bits per heavy atom. The first-order chi connectivity index (χ1) is 9.81. The molecule has 21 heavy (non-hydrogen) atoms. The molecule has 8 heteroatoms. The molecule has 0 amide bonds. The molecule has 0 saturated heterocycles. The van der Waals surface area contributed by atoms with Gasteiger partial charge in [0.05, 0.1) is 6.54 Å². The molecular formula is C13H20N2O5S. The average Bonchev–Trinajstić information content (AvgIpc) is 2.78. The molecule has 1 heterocycles. The van der Waals surface area contributed by atoms with Gasteiger partial charge in [-0.2, -0.15) is 0 Å². The number of nitrogens with one attached hydrogen (secondary N) is 1. The third-order valence-corrected chi connectivity index (χ3v) is 5.07. The van der Waals surface area contributed by atoms with E-state index in [1.165, 1.54) is 6.07 Å². The van der Waals surface area contributed by atoms with Crippen molar-refractivity contribution in [3.05, 3.63) is 17.9 Å². The molecule has 118 valence electrons. The predicted molar refractivity (Wildman–Crippen MR) is 75.5 cm³/mol. The molecule has 1 fully saturated rings. The summed E-state index contributed by atoms with van der Waals surface area (Å²) >= 11 is 0. The summed E-state index contributed by atoms with van der Waals surface area (Å²) in [5, 5.41) is 8.74. The van der Waals surface area contributed by atoms with Gasteiger partial charge in [-0.05, 0) is 38.4 Å². The fraction of sp³-hybridized carbons (Fsp3) is 0.615. The Morgan fingerprint density at radius 1 is 1.48 bits per heavy atom. The van der Waals surface area contributed by atoms with Crippen molar-refractivity contribution in [2.45, 2.75) is 43.9 Å². The lowest BCUT2D eigenvalue weighted by Crippen LogP contribution is -2.54. The van der Waals surface area contributed by atoms with E-state index in [1.54, 1.807) is 13.0 Å². The molecular weight excluding hydrogens is 296 g/mol. The molecule has 0 spiro atoms. The van der Waals surface area contributed by atoms with Crippen LogP contribution in [0.4, 0.5) is 0 Å². The summed E-state index contributed by atoms with van der Waals surface area (Å²) < 4.78 is 31.8. The summed E-state index contributed by atoms with van der Waals surface area (Å²) in [6.45, 7) is 4.20. The van der Waals surface area contributed by atoms with E-state index in [1.807, 2.05) is 11.8 Å². The number of hydrogen-bond acceptors (Lipinski definition) is 5. The van der Waals surface area contributed by atoms with E-state index in [0.717, 1.165) is 0 Å². The maximum Gasteiger partial charge on any atom is 0.317 e. The van der Waals surface area contributed by atoms with Crippen molar-refractivity contribution >= 4 is 16.0 Å². The highest BCUT2D eigenvalue weighted by molar-refractivity contribution is 7.89. The lowest BCUT2D eigenvalue weighted by Gasteiger charge is -2.41. The summed E-state index contributed by atoms with van der Waals surface area (Å²) in [6.07, 6.45) is 1.22. The molecule has 0 atom stereocenters. The number of carboxylic acid groups (broad SMARTS) is 1. The molecule has 0 radical (unpaired) electrons. The number of hydrogen-bond donors (Lipinski definition) is 2. The maximum absolute atomic E-state index is 12.1. The fourth-order valence-corrected chi connectivity index (χ4v) is 3.72. The Labute approximate surface area is 124 Å². The molecule has 2 N–H and O–H groups in total. The van der Waals surface area contributed by atoms with Crippen molar-refractivity contribution in [3.8, 4) is 0 Å². The highest BCUT2D eigenvalue weighted by Crippen LogP contribution is 2.27. The van der Waals surface area contributed by atoms with Crippen LogP contribution in [0.25, 0.3) is 0 Å². The van der Waals surface area contributed by atoms with Crippen LogP contribution in [0, 0.1) is 6.92 Å². The van der Waals surface area contributed by atoms with Crippen LogP contribution in [-0.2, 0) is 14.8 Å². The lowest BCUT2D eigenvalue weighted by molar-refractivity contribution is -0.139. The molecule has 2 rings (SSSR count). The number of carbonyl (C=O) groups is 1. The Bertz CT molecular complexity index is 604. The van der Waals surface area contributed by atoms with Crippen LogP contribution in [0.15, 0.2) is 21.6 Å². The number of sulfonamides is 1. The number of rotatable bonds is 7. The van der Waals surface area contributed by atoms with E-state index in [2.05, 4.69) is 4.72 Å². The minimum atomic E-state index is -3.63. The Balaban J connectivity index is 1.89. The number of nitrogens with zero attached hydrogens (tertiary/aromatic N) is 1. The van der Waals surface area contributed by atoms with E-state index < -0.39 is 16.0 Å². The first-order valence-electron chi connectivity index (χ1n) is 6.86. The van der Waals surface area contributed by atoms with Gasteiger partial charge < -0.3 is 9.52 Å². The normalized spacial score (nSPS) is 22.2. The standard InChI is InChI=1S/C13H20N2O5S/c1-3-15(8-12(16)17)11-6-10(7-11)14-21(18,19)13-5-4-9(2)20-13/h4-5,10-11,14H,3,6-8H2,1-2H3,(H,16,17). The monoisotopic (exact) mass is 316 g/mol. The molecule has 7 nitrogen and oxygen atoms in total. The van der Waals surface area contributed by atoms with Crippen LogP contribution in [0.1, 0.15) is 25.5 Å². The van der Waals surface area contributed by atoms with Crippen LogP contribution < -0.4 is 4.72 Å². The minimum absolute atomic E-state index is 0.0159. The summed E-state index contributed by atoms with van der Waals surface area (Å²) in [6, 6.07) is 2.96. The third kappa shape index (κ3) is 3.84. The number of carboxylic acids is 1. The van der Waals surface area contributed by atoms with Crippen molar-refractivity contribution < 1.29 is 22.7 Å². The van der Waals surface area contributed by atoms with Crippen LogP contribution in [0.3, 0.4) is 0 Å². The van der Waals surface area contributed by atoms with Gasteiger partial charge in [0.2, 0.25) is 5.09 Å². The summed E-state index contributed by atoms with van der Waals surface area (Å²) in [5.41, 5.74) is 0. The Kier molecular flexibility index (Phi) is 4.70. The maximum atomic E-state index is 12.1. The van der Waals surface area contributed by atoms with Crippen molar-refractivity contribution in [3.63, 3.8) is 0 Å². The van der Waals surface area contributed by atoms with Gasteiger partial charge in [-0.15, -0.1) is 0 Å². The van der Waals surface area contributed by atoms with E-state index in [9.17, 15) is 13.2 Å². The van der Waals surface area contributed by atoms with Crippen molar-refractivity contribution in [1.82, 2.24) is 9.62 Å². The summed E-state index contributed by atoms with van der Waals surface area (Å²) in [4.78, 5) is 12.6. The summed E-state index contributed by atoms with van der Waals surface area (Å²) in [5.74, 6) is -0.326. The van der Waals surface area contributed by atoms with Gasteiger partial charge in [0, 0.05) is 12.1 Å². The quantitative estimate of drug-likeness (QED) is 0.772.